The standard InChI is InChI=1S/C15H20N4O/c1-19(12-13-6-4-3-5-7-13)15-17-9-8-14(18-15)16-10-11-20-2/h3-9H,10-12H2,1-2H3,(H,16,17,18). The van der Waals surface area contributed by atoms with Crippen LogP contribution in [-0.4, -0.2) is 37.3 Å². The highest BCUT2D eigenvalue weighted by Gasteiger charge is 2.05. The van der Waals surface area contributed by atoms with Crippen molar-refractivity contribution in [1.29, 1.82) is 0 Å². The minimum Gasteiger partial charge on any atom is -0.383 e. The van der Waals surface area contributed by atoms with Gasteiger partial charge in [-0.15, -0.1) is 0 Å². The van der Waals surface area contributed by atoms with Crippen molar-refractivity contribution >= 4 is 11.8 Å². The fourth-order valence-corrected chi connectivity index (χ4v) is 1.84. The van der Waals surface area contributed by atoms with Crippen LogP contribution >= 0.6 is 0 Å². The maximum absolute atomic E-state index is 5.00. The Kier molecular flexibility index (Phi) is 5.32. The van der Waals surface area contributed by atoms with Gasteiger partial charge in [-0.2, -0.15) is 4.98 Å². The molecular weight excluding hydrogens is 252 g/mol. The third kappa shape index (κ3) is 4.20. The number of nitrogens with zero attached hydrogens (tertiary/aromatic N) is 3. The normalized spacial score (nSPS) is 10.3. The van der Waals surface area contributed by atoms with Crippen LogP contribution in [0.5, 0.6) is 0 Å². The lowest BCUT2D eigenvalue weighted by Crippen LogP contribution is -2.19. The van der Waals surface area contributed by atoms with E-state index in [1.54, 1.807) is 13.3 Å². The maximum Gasteiger partial charge on any atom is 0.227 e. The van der Waals surface area contributed by atoms with Crippen LogP contribution in [0.1, 0.15) is 5.56 Å². The second-order valence-electron chi connectivity index (χ2n) is 4.50. The fraction of sp³-hybridized carbons (Fsp3) is 0.333. The first-order valence-electron chi connectivity index (χ1n) is 6.60. The molecule has 1 aromatic heterocycles. The molecule has 0 atom stereocenters. The van der Waals surface area contributed by atoms with Crippen LogP contribution in [0, 0.1) is 0 Å². The van der Waals surface area contributed by atoms with Crippen molar-refractivity contribution in [1.82, 2.24) is 9.97 Å². The number of ether oxygens (including phenoxy) is 1. The zero-order valence-corrected chi connectivity index (χ0v) is 11.9. The summed E-state index contributed by atoms with van der Waals surface area (Å²) in [4.78, 5) is 10.8. The summed E-state index contributed by atoms with van der Waals surface area (Å²) in [7, 11) is 3.67. The average Bonchev–Trinajstić information content (AvgIpc) is 2.49. The van der Waals surface area contributed by atoms with E-state index in [1.807, 2.05) is 36.2 Å². The molecule has 0 aliphatic heterocycles. The number of methoxy groups -OCH3 is 1. The summed E-state index contributed by atoms with van der Waals surface area (Å²) in [5, 5.41) is 3.20. The first kappa shape index (κ1) is 14.3. The molecule has 2 aromatic rings. The lowest BCUT2D eigenvalue weighted by Gasteiger charge is -2.17. The number of hydrogen-bond donors (Lipinski definition) is 1. The van der Waals surface area contributed by atoms with Gasteiger partial charge in [-0.1, -0.05) is 30.3 Å². The number of rotatable bonds is 7. The van der Waals surface area contributed by atoms with Gasteiger partial charge in [0.2, 0.25) is 5.95 Å². The van der Waals surface area contributed by atoms with Gasteiger partial charge in [0.1, 0.15) is 5.82 Å². The Morgan fingerprint density at radius 2 is 2.00 bits per heavy atom. The molecule has 0 aliphatic carbocycles. The van der Waals surface area contributed by atoms with Crippen molar-refractivity contribution < 1.29 is 4.74 Å². The molecule has 1 N–H and O–H groups in total. The van der Waals surface area contributed by atoms with Gasteiger partial charge in [0, 0.05) is 33.4 Å². The molecule has 0 spiro atoms. The zero-order valence-electron chi connectivity index (χ0n) is 11.9. The number of nitrogens with one attached hydrogen (secondary N) is 1. The van der Waals surface area contributed by atoms with Gasteiger partial charge in [0.25, 0.3) is 0 Å². The topological polar surface area (TPSA) is 50.3 Å². The number of anilines is 2. The Hall–Kier alpha value is -2.14. The molecule has 1 aromatic carbocycles. The molecular formula is C15H20N4O. The molecule has 5 nitrogen and oxygen atoms in total. The smallest absolute Gasteiger partial charge is 0.227 e. The van der Waals surface area contributed by atoms with Crippen molar-refractivity contribution in [2.45, 2.75) is 6.54 Å². The van der Waals surface area contributed by atoms with Crippen LogP contribution in [0.4, 0.5) is 11.8 Å². The minimum absolute atomic E-state index is 0.652. The van der Waals surface area contributed by atoms with Crippen molar-refractivity contribution in [3.8, 4) is 0 Å². The average molecular weight is 272 g/mol. The summed E-state index contributed by atoms with van der Waals surface area (Å²) < 4.78 is 5.00. The predicted octanol–water partition coefficient (Wildman–Crippen LogP) is 2.17. The van der Waals surface area contributed by atoms with E-state index in [9.17, 15) is 0 Å². The second kappa shape index (κ2) is 7.45. The van der Waals surface area contributed by atoms with E-state index in [1.165, 1.54) is 5.56 Å². The summed E-state index contributed by atoms with van der Waals surface area (Å²) in [6, 6.07) is 12.1. The van der Waals surface area contributed by atoms with Gasteiger partial charge in [-0.25, -0.2) is 4.98 Å². The van der Waals surface area contributed by atoms with E-state index < -0.39 is 0 Å². The molecule has 0 radical (unpaired) electrons. The van der Waals surface area contributed by atoms with E-state index in [2.05, 4.69) is 27.4 Å². The van der Waals surface area contributed by atoms with Crippen molar-refractivity contribution in [3.05, 3.63) is 48.2 Å². The predicted molar refractivity (Wildman–Crippen MR) is 80.9 cm³/mol. The van der Waals surface area contributed by atoms with E-state index in [4.69, 9.17) is 4.74 Å². The molecule has 0 saturated carbocycles. The molecule has 0 saturated heterocycles. The lowest BCUT2D eigenvalue weighted by atomic mass is 10.2. The first-order valence-corrected chi connectivity index (χ1v) is 6.60. The lowest BCUT2D eigenvalue weighted by molar-refractivity contribution is 0.210. The van der Waals surface area contributed by atoms with Crippen LogP contribution in [-0.2, 0) is 11.3 Å². The summed E-state index contributed by atoms with van der Waals surface area (Å²) in [6.07, 6.45) is 1.76. The van der Waals surface area contributed by atoms with Gasteiger partial charge < -0.3 is 15.0 Å². The Morgan fingerprint density at radius 1 is 1.20 bits per heavy atom. The second-order valence-corrected chi connectivity index (χ2v) is 4.50. The van der Waals surface area contributed by atoms with Gasteiger partial charge in [-0.3, -0.25) is 0 Å². The molecule has 0 aliphatic rings. The maximum atomic E-state index is 5.00. The fourth-order valence-electron chi connectivity index (χ4n) is 1.84. The highest BCUT2D eigenvalue weighted by atomic mass is 16.5. The van der Waals surface area contributed by atoms with Crippen molar-refractivity contribution in [3.63, 3.8) is 0 Å². The van der Waals surface area contributed by atoms with Gasteiger partial charge >= 0.3 is 0 Å². The molecule has 20 heavy (non-hydrogen) atoms. The van der Waals surface area contributed by atoms with Gasteiger partial charge in [0.15, 0.2) is 0 Å². The van der Waals surface area contributed by atoms with Gasteiger partial charge in [0.05, 0.1) is 6.61 Å². The number of aromatic nitrogens is 2. The van der Waals surface area contributed by atoms with E-state index in [0.717, 1.165) is 18.9 Å². The molecule has 0 bridgehead atoms. The SMILES string of the molecule is COCCNc1ccnc(N(C)Cc2ccccc2)n1. The van der Waals surface area contributed by atoms with Crippen LogP contribution in [0.2, 0.25) is 0 Å². The monoisotopic (exact) mass is 272 g/mol. The highest BCUT2D eigenvalue weighted by molar-refractivity contribution is 5.41. The molecule has 5 heteroatoms. The van der Waals surface area contributed by atoms with Crippen LogP contribution in [0.3, 0.4) is 0 Å². The minimum atomic E-state index is 0.652. The quantitative estimate of drug-likeness (QED) is 0.783. The largest absolute Gasteiger partial charge is 0.383 e. The Balaban J connectivity index is 1.99. The summed E-state index contributed by atoms with van der Waals surface area (Å²) in [6.45, 7) is 2.16. The third-order valence-corrected chi connectivity index (χ3v) is 2.86. The Bertz CT molecular complexity index is 518. The van der Waals surface area contributed by atoms with Crippen LogP contribution in [0.25, 0.3) is 0 Å². The molecule has 2 rings (SSSR count). The molecule has 0 amide bonds. The van der Waals surface area contributed by atoms with Crippen LogP contribution < -0.4 is 10.2 Å². The zero-order chi connectivity index (χ0) is 14.2. The number of benzene rings is 1. The molecule has 0 fully saturated rings. The summed E-state index contributed by atoms with van der Waals surface area (Å²) >= 11 is 0. The van der Waals surface area contributed by atoms with E-state index in [-0.39, 0.29) is 0 Å². The van der Waals surface area contributed by atoms with Gasteiger partial charge in [-0.05, 0) is 11.6 Å². The summed E-state index contributed by atoms with van der Waals surface area (Å²) in [5.74, 6) is 1.52. The highest BCUT2D eigenvalue weighted by Crippen LogP contribution is 2.12. The number of hydrogen-bond acceptors (Lipinski definition) is 5. The van der Waals surface area contributed by atoms with Crippen molar-refractivity contribution in [2.75, 3.05) is 37.5 Å². The Labute approximate surface area is 119 Å². The molecule has 106 valence electrons. The van der Waals surface area contributed by atoms with E-state index in [0.29, 0.717) is 12.6 Å². The molecule has 0 unspecified atom stereocenters. The summed E-state index contributed by atoms with van der Waals surface area (Å²) in [5.41, 5.74) is 1.23. The molecule has 1 heterocycles. The van der Waals surface area contributed by atoms with Crippen LogP contribution in [0.15, 0.2) is 42.6 Å². The third-order valence-electron chi connectivity index (χ3n) is 2.86. The first-order chi connectivity index (χ1) is 9.79. The Morgan fingerprint density at radius 3 is 2.75 bits per heavy atom. The van der Waals surface area contributed by atoms with Crippen molar-refractivity contribution in [2.24, 2.45) is 0 Å². The van der Waals surface area contributed by atoms with E-state index >= 15 is 0 Å².